The molecule has 0 bridgehead atoms. The molecule has 0 unspecified atom stereocenters. The van der Waals surface area contributed by atoms with Crippen LogP contribution in [0.5, 0.6) is 0 Å². The Hall–Kier alpha value is -4.69. The van der Waals surface area contributed by atoms with Gasteiger partial charge in [0.05, 0.1) is 0 Å². The van der Waals surface area contributed by atoms with Gasteiger partial charge in [-0.2, -0.15) is 12.1 Å². The zero-order valence-electron chi connectivity index (χ0n) is 35.4. The largest absolute Gasteiger partial charge is 2.00 e. The topological polar surface area (TPSA) is 0 Å². The van der Waals surface area contributed by atoms with Gasteiger partial charge in [0.15, 0.2) is 0 Å². The molecule has 0 heterocycles. The maximum atomic E-state index is 3.38. The zero-order chi connectivity index (χ0) is 39.7. The van der Waals surface area contributed by atoms with Gasteiger partial charge in [0.2, 0.25) is 0 Å². The molecule has 0 radical (unpaired) electrons. The quantitative estimate of drug-likeness (QED) is 0.0939. The summed E-state index contributed by atoms with van der Waals surface area (Å²) in [6.45, 7) is 6.75. The first-order valence-electron chi connectivity index (χ1n) is 22.0. The van der Waals surface area contributed by atoms with E-state index in [1.807, 2.05) is 0 Å². The van der Waals surface area contributed by atoms with Gasteiger partial charge < -0.3 is 45.1 Å². The van der Waals surface area contributed by atoms with Gasteiger partial charge in [0.25, 0.3) is 0 Å². The summed E-state index contributed by atoms with van der Waals surface area (Å²) in [5.41, 5.74) is 8.59. The third kappa shape index (κ3) is 8.65. The fraction of sp³-hybridized carbons (Fsp3) is 0.186. The van der Waals surface area contributed by atoms with Crippen molar-refractivity contribution < 1.29 is 46.5 Å². The van der Waals surface area contributed by atoms with E-state index in [4.69, 9.17) is 0 Å². The Morgan fingerprint density at radius 1 is 0.387 bits per heavy atom. The second-order valence-corrected chi connectivity index (χ2v) is 16.9. The third-order valence-electron chi connectivity index (χ3n) is 13.3. The summed E-state index contributed by atoms with van der Waals surface area (Å²) in [6.07, 6.45) is 11.7. The fourth-order valence-corrected chi connectivity index (χ4v) is 10.5. The molecule has 0 aromatic heterocycles. The molecule has 10 aromatic carbocycles. The van der Waals surface area contributed by atoms with Gasteiger partial charge in [0.1, 0.15) is 0 Å². The summed E-state index contributed by atoms with van der Waals surface area (Å²) in [5.74, 6) is 1.51. The first kappa shape index (κ1) is 45.3. The maximum absolute atomic E-state index is 3.38. The van der Waals surface area contributed by atoms with Crippen LogP contribution in [0.15, 0.2) is 170 Å². The van der Waals surface area contributed by atoms with E-state index in [1.165, 1.54) is 138 Å². The third-order valence-corrected chi connectivity index (χ3v) is 13.3. The molecule has 3 heteroatoms. The number of benzene rings is 8. The number of rotatable bonds is 4. The van der Waals surface area contributed by atoms with Crippen molar-refractivity contribution in [3.05, 3.63) is 195 Å². The van der Waals surface area contributed by atoms with Crippen molar-refractivity contribution in [1.29, 1.82) is 0 Å². The second kappa shape index (κ2) is 20.2. The van der Waals surface area contributed by atoms with Crippen LogP contribution in [0.25, 0.3) is 86.9 Å². The van der Waals surface area contributed by atoms with Gasteiger partial charge in [-0.1, -0.05) is 146 Å². The van der Waals surface area contributed by atoms with E-state index in [0.717, 1.165) is 18.3 Å². The van der Waals surface area contributed by atoms with Crippen LogP contribution in [0.1, 0.15) is 80.8 Å². The summed E-state index contributed by atoms with van der Waals surface area (Å²) in [7, 11) is 0. The van der Waals surface area contributed by atoms with E-state index >= 15 is 0 Å². The normalized spacial score (nSPS) is 14.0. The number of halogens is 2. The van der Waals surface area contributed by atoms with Crippen LogP contribution in [-0.2, 0) is 21.7 Å². The van der Waals surface area contributed by atoms with Gasteiger partial charge in [-0.25, -0.2) is 0 Å². The number of hydrogen-bond acceptors (Lipinski definition) is 0. The van der Waals surface area contributed by atoms with Crippen LogP contribution in [0.4, 0.5) is 0 Å². The molecular weight excluding hydrogens is 827 g/mol. The Morgan fingerprint density at radius 2 is 0.694 bits per heavy atom. The van der Waals surface area contributed by atoms with Crippen LogP contribution in [-0.4, -0.2) is 0 Å². The first-order valence-corrected chi connectivity index (χ1v) is 22.0. The van der Waals surface area contributed by atoms with Crippen LogP contribution in [0.3, 0.4) is 0 Å². The Labute approximate surface area is 395 Å². The summed E-state index contributed by atoms with van der Waals surface area (Å²) in [6, 6.07) is 63.4. The molecule has 0 aliphatic heterocycles. The smallest absolute Gasteiger partial charge is 1.00 e. The standard InChI is InChI=1S/2C28H23.C3H6.2ClH.Ti/c2*1-2-9-19(8-1)23-17-22-12-7-15-26(27(22)18-23)28-24-13-5-3-10-20(24)16-21-11-4-6-14-25(21)28;1-3-2;;;/h2*3-7,10-19H,1-2,8-9H2;1-3H2;2*1H;/q2*-1;-2;;;+2/p-2. The van der Waals surface area contributed by atoms with E-state index in [0.29, 0.717) is 0 Å². The van der Waals surface area contributed by atoms with Crippen molar-refractivity contribution in [3.63, 3.8) is 0 Å². The first-order chi connectivity index (χ1) is 29.2. The summed E-state index contributed by atoms with van der Waals surface area (Å²) >= 11 is 0. The predicted octanol–water partition coefficient (Wildman–Crippen LogP) is 11.4. The fourth-order valence-electron chi connectivity index (χ4n) is 10.5. The van der Waals surface area contributed by atoms with Crippen LogP contribution < -0.4 is 24.8 Å². The van der Waals surface area contributed by atoms with Crippen molar-refractivity contribution in [1.82, 2.24) is 0 Å². The molecule has 0 nitrogen and oxygen atoms in total. The molecule has 2 aliphatic rings. The minimum atomic E-state index is 0. The van der Waals surface area contributed by atoms with E-state index < -0.39 is 0 Å². The molecule has 10 aromatic rings. The van der Waals surface area contributed by atoms with Gasteiger partial charge >= 0.3 is 21.7 Å². The Morgan fingerprint density at radius 3 is 1.02 bits per heavy atom. The molecule has 0 spiro atoms. The van der Waals surface area contributed by atoms with Crippen molar-refractivity contribution in [2.45, 2.75) is 69.6 Å². The van der Waals surface area contributed by atoms with Gasteiger partial charge in [0, 0.05) is 0 Å². The Bertz CT molecular complexity index is 2760. The SMILES string of the molecule is [CH2-]C[CH2-].[Cl-].[Cl-].[Ti+2].c1ccc2c(-c3cccc4[cH-]c(C5CCCC5)cc34)c3ccccc3cc2c1.c1ccc2c(-c3cccc4[cH-]c(C5CCCC5)cc34)c3ccccc3cc2c1. The number of fused-ring (bicyclic) bond motifs is 6. The van der Waals surface area contributed by atoms with Crippen LogP contribution in [0.2, 0.25) is 0 Å². The minimum Gasteiger partial charge on any atom is -1.00 e. The molecule has 62 heavy (non-hydrogen) atoms. The average molecular weight is 880 g/mol. The van der Waals surface area contributed by atoms with E-state index in [9.17, 15) is 0 Å². The predicted molar refractivity (Wildman–Crippen MR) is 258 cm³/mol. The van der Waals surface area contributed by atoms with Crippen molar-refractivity contribution in [3.8, 4) is 22.3 Å². The molecule has 310 valence electrons. The molecular formula is C59H52Cl2Ti-4. The molecule has 0 atom stereocenters. The Kier molecular flexibility index (Phi) is 14.8. The molecule has 0 N–H and O–H groups in total. The minimum absolute atomic E-state index is 0. The van der Waals surface area contributed by atoms with E-state index in [1.54, 1.807) is 11.1 Å². The van der Waals surface area contributed by atoms with Crippen LogP contribution in [0, 0.1) is 13.8 Å². The second-order valence-electron chi connectivity index (χ2n) is 16.9. The summed E-state index contributed by atoms with van der Waals surface area (Å²) in [5, 5.41) is 16.2. The molecule has 0 amide bonds. The number of hydrogen-bond donors (Lipinski definition) is 0. The van der Waals surface area contributed by atoms with E-state index in [-0.39, 0.29) is 46.5 Å². The average Bonchev–Trinajstić information content (AvgIpc) is 4.12. The Balaban J connectivity index is 0.000000168. The van der Waals surface area contributed by atoms with Crippen molar-refractivity contribution >= 4 is 64.6 Å². The van der Waals surface area contributed by atoms with Gasteiger partial charge in [-0.3, -0.25) is 0 Å². The summed E-state index contributed by atoms with van der Waals surface area (Å²) < 4.78 is 0. The van der Waals surface area contributed by atoms with Gasteiger partial charge in [-0.05, 0) is 104 Å². The van der Waals surface area contributed by atoms with E-state index in [2.05, 4.69) is 184 Å². The van der Waals surface area contributed by atoms with Gasteiger partial charge in [-0.15, -0.1) is 69.1 Å². The van der Waals surface area contributed by atoms with Crippen LogP contribution >= 0.6 is 0 Å². The maximum Gasteiger partial charge on any atom is 2.00 e. The molecule has 2 aliphatic carbocycles. The van der Waals surface area contributed by atoms with Crippen molar-refractivity contribution in [2.24, 2.45) is 0 Å². The summed E-state index contributed by atoms with van der Waals surface area (Å²) in [4.78, 5) is 0. The zero-order valence-corrected chi connectivity index (χ0v) is 38.4. The molecule has 2 fully saturated rings. The molecule has 0 saturated heterocycles. The van der Waals surface area contributed by atoms with Crippen molar-refractivity contribution in [2.75, 3.05) is 0 Å². The molecule has 2 saturated carbocycles. The molecule has 12 rings (SSSR count). The monoisotopic (exact) mass is 878 g/mol.